The number of nitrogens with zero attached hydrogens (tertiary/aromatic N) is 4. The van der Waals surface area contributed by atoms with E-state index >= 15 is 0 Å². The second-order valence-electron chi connectivity index (χ2n) is 5.85. The third-order valence-corrected chi connectivity index (χ3v) is 7.55. The number of halogens is 1. The van der Waals surface area contributed by atoms with Crippen molar-refractivity contribution in [1.82, 2.24) is 15.0 Å². The van der Waals surface area contributed by atoms with Crippen LogP contribution in [0.3, 0.4) is 0 Å². The van der Waals surface area contributed by atoms with Crippen LogP contribution in [0.15, 0.2) is 35.5 Å². The molecule has 27 heavy (non-hydrogen) atoms. The second-order valence-corrected chi connectivity index (χ2v) is 11.7. The lowest BCUT2D eigenvalue weighted by atomic mass is 10.3. The molecular formula is C16H26FN5P4S. The van der Waals surface area contributed by atoms with E-state index in [1.807, 2.05) is 49.1 Å². The zero-order chi connectivity index (χ0) is 20.0. The molecule has 1 heterocycles. The highest BCUT2D eigenvalue weighted by Gasteiger charge is 2.34. The summed E-state index contributed by atoms with van der Waals surface area (Å²) in [7, 11) is 9.73. The van der Waals surface area contributed by atoms with Crippen molar-refractivity contribution in [2.75, 3.05) is 23.3 Å². The number of para-hydroxylation sites is 1. The number of aromatic nitrogens is 3. The number of thioether (sulfide) groups is 1. The van der Waals surface area contributed by atoms with Crippen LogP contribution in [0.1, 0.15) is 13.8 Å². The summed E-state index contributed by atoms with van der Waals surface area (Å²) >= 11 is 1.29. The van der Waals surface area contributed by atoms with Gasteiger partial charge in [-0.1, -0.05) is 48.4 Å². The largest absolute Gasteiger partial charge is 0.341 e. The van der Waals surface area contributed by atoms with Gasteiger partial charge in [-0.2, -0.15) is 15.0 Å². The van der Waals surface area contributed by atoms with Crippen LogP contribution in [-0.2, 0) is 0 Å². The Morgan fingerprint density at radius 1 is 1.11 bits per heavy atom. The molecular weight excluding hydrogens is 437 g/mol. The normalized spacial score (nSPS) is 12.9. The Morgan fingerprint density at radius 3 is 2.26 bits per heavy atom. The molecule has 2 rings (SSSR count). The molecule has 2 aromatic rings. The van der Waals surface area contributed by atoms with E-state index in [1.165, 1.54) is 11.8 Å². The summed E-state index contributed by atoms with van der Waals surface area (Å²) < 4.78 is 14.6. The lowest BCUT2D eigenvalue weighted by Crippen LogP contribution is -2.29. The zero-order valence-electron chi connectivity index (χ0n) is 15.3. The van der Waals surface area contributed by atoms with Crippen LogP contribution in [0.5, 0.6) is 0 Å². The smallest absolute Gasteiger partial charge is 0.233 e. The Balaban J connectivity index is 2.40. The number of nitrogens with one attached hydrogen (secondary N) is 1. The predicted octanol–water partition coefficient (Wildman–Crippen LogP) is 4.37. The van der Waals surface area contributed by atoms with E-state index in [0.717, 1.165) is 18.8 Å². The van der Waals surface area contributed by atoms with Gasteiger partial charge in [0, 0.05) is 24.2 Å². The number of alkyl halides is 1. The Kier molecular flexibility index (Phi) is 9.04. The molecule has 0 saturated carbocycles. The van der Waals surface area contributed by atoms with Crippen molar-refractivity contribution < 1.29 is 4.39 Å². The average molecular weight is 463 g/mol. The van der Waals surface area contributed by atoms with Gasteiger partial charge >= 0.3 is 0 Å². The van der Waals surface area contributed by atoms with E-state index < -0.39 is 10.4 Å². The standard InChI is InChI=1S/C16H26FN5P4S/c1-3-22(4-2)14-19-13(18-10-8-6-5-7-9-10)20-15(21-14)27-11(12(23)24)16(17,25)26/h5-9,11-12H,3-4,23-26H2,1-2H3,(H,18,19,20,21). The van der Waals surface area contributed by atoms with Gasteiger partial charge < -0.3 is 10.2 Å². The Morgan fingerprint density at radius 2 is 1.74 bits per heavy atom. The van der Waals surface area contributed by atoms with Crippen molar-refractivity contribution in [2.45, 2.75) is 34.8 Å². The number of benzene rings is 1. The van der Waals surface area contributed by atoms with Crippen molar-refractivity contribution in [2.24, 2.45) is 0 Å². The van der Waals surface area contributed by atoms with Gasteiger partial charge in [0.25, 0.3) is 0 Å². The van der Waals surface area contributed by atoms with E-state index in [9.17, 15) is 4.39 Å². The summed E-state index contributed by atoms with van der Waals surface area (Å²) in [6.45, 7) is 5.64. The molecule has 0 spiro atoms. The first kappa shape index (κ1) is 23.1. The van der Waals surface area contributed by atoms with Gasteiger partial charge in [0.1, 0.15) is 5.15 Å². The predicted molar refractivity (Wildman–Crippen MR) is 129 cm³/mol. The molecule has 1 aromatic carbocycles. The lowest BCUT2D eigenvalue weighted by molar-refractivity contribution is 0.406. The maximum atomic E-state index is 14.6. The minimum absolute atomic E-state index is 0.0609. The number of hydrogen-bond acceptors (Lipinski definition) is 6. The Labute approximate surface area is 174 Å². The maximum absolute atomic E-state index is 14.6. The van der Waals surface area contributed by atoms with Gasteiger partial charge in [-0.3, -0.25) is 0 Å². The van der Waals surface area contributed by atoms with E-state index in [0.29, 0.717) is 17.1 Å². The van der Waals surface area contributed by atoms with Crippen molar-refractivity contribution in [3.63, 3.8) is 0 Å². The van der Waals surface area contributed by atoms with E-state index in [2.05, 4.69) is 57.2 Å². The van der Waals surface area contributed by atoms with Crippen molar-refractivity contribution >= 4 is 66.3 Å². The van der Waals surface area contributed by atoms with Crippen LogP contribution in [0.4, 0.5) is 22.0 Å². The van der Waals surface area contributed by atoms with E-state index in [1.54, 1.807) is 0 Å². The fraction of sp³-hybridized carbons (Fsp3) is 0.438. The summed E-state index contributed by atoms with van der Waals surface area (Å²) in [6.07, 6.45) is 0. The number of anilines is 3. The summed E-state index contributed by atoms with van der Waals surface area (Å²) in [5, 5.41) is 1.68. The third kappa shape index (κ3) is 6.98. The highest BCUT2D eigenvalue weighted by Crippen LogP contribution is 2.46. The third-order valence-electron chi connectivity index (χ3n) is 3.70. The van der Waals surface area contributed by atoms with Gasteiger partial charge in [0.15, 0.2) is 5.16 Å². The molecule has 1 N–H and O–H groups in total. The van der Waals surface area contributed by atoms with Crippen LogP contribution >= 0.6 is 48.7 Å². The molecule has 0 fully saturated rings. The quantitative estimate of drug-likeness (QED) is 0.440. The molecule has 0 aliphatic rings. The Hall–Kier alpha value is -0.170. The molecule has 0 bridgehead atoms. The molecule has 11 heteroatoms. The molecule has 0 radical (unpaired) electrons. The van der Waals surface area contributed by atoms with Gasteiger partial charge in [-0.25, -0.2) is 4.39 Å². The fourth-order valence-electron chi connectivity index (χ4n) is 2.33. The minimum atomic E-state index is -1.55. The first-order valence-electron chi connectivity index (χ1n) is 8.52. The maximum Gasteiger partial charge on any atom is 0.233 e. The van der Waals surface area contributed by atoms with Gasteiger partial charge in [-0.05, 0) is 26.0 Å². The molecule has 5 unspecified atom stereocenters. The monoisotopic (exact) mass is 463 g/mol. The summed E-state index contributed by atoms with van der Waals surface area (Å²) in [6, 6.07) is 9.70. The molecule has 0 aliphatic heterocycles. The van der Waals surface area contributed by atoms with Crippen LogP contribution < -0.4 is 10.2 Å². The SMILES string of the molecule is CCN(CC)c1nc(Nc2ccccc2)nc(SC(C(P)P)C(F)(P)P)n1. The Bertz CT molecular complexity index is 728. The average Bonchev–Trinajstić information content (AvgIpc) is 2.60. The van der Waals surface area contributed by atoms with Gasteiger partial charge in [-0.15, -0.1) is 18.5 Å². The first-order chi connectivity index (χ1) is 12.7. The zero-order valence-corrected chi connectivity index (χ0v) is 20.8. The molecule has 0 amide bonds. The lowest BCUT2D eigenvalue weighted by Gasteiger charge is -2.28. The topological polar surface area (TPSA) is 53.9 Å². The molecule has 148 valence electrons. The first-order valence-corrected chi connectivity index (χ1v) is 11.9. The van der Waals surface area contributed by atoms with Crippen molar-refractivity contribution in [3.05, 3.63) is 30.3 Å². The van der Waals surface area contributed by atoms with Gasteiger partial charge in [0.2, 0.25) is 11.9 Å². The van der Waals surface area contributed by atoms with Crippen LogP contribution in [-0.4, -0.2) is 43.8 Å². The molecule has 0 aliphatic carbocycles. The highest BCUT2D eigenvalue weighted by atomic mass is 32.2. The molecule has 5 atom stereocenters. The van der Waals surface area contributed by atoms with Crippen molar-refractivity contribution in [1.29, 1.82) is 0 Å². The molecule has 5 nitrogen and oxygen atoms in total. The number of hydrogen-bond donors (Lipinski definition) is 1. The van der Waals surface area contributed by atoms with E-state index in [4.69, 9.17) is 0 Å². The fourth-order valence-corrected chi connectivity index (χ4v) is 5.97. The van der Waals surface area contributed by atoms with Gasteiger partial charge in [0.05, 0.1) is 5.25 Å². The van der Waals surface area contributed by atoms with Crippen LogP contribution in [0.2, 0.25) is 0 Å². The second kappa shape index (κ2) is 10.6. The summed E-state index contributed by atoms with van der Waals surface area (Å²) in [5.74, 6) is 1.02. The molecule has 0 saturated heterocycles. The highest BCUT2D eigenvalue weighted by molar-refractivity contribution is 8.00. The van der Waals surface area contributed by atoms with Crippen LogP contribution in [0.25, 0.3) is 0 Å². The summed E-state index contributed by atoms with van der Waals surface area (Å²) in [5.41, 5.74) is 0.883. The molecule has 1 aromatic heterocycles. The summed E-state index contributed by atoms with van der Waals surface area (Å²) in [4.78, 5) is 15.7. The van der Waals surface area contributed by atoms with Crippen LogP contribution in [0, 0.1) is 0 Å². The minimum Gasteiger partial charge on any atom is -0.341 e. The van der Waals surface area contributed by atoms with Crippen molar-refractivity contribution in [3.8, 4) is 0 Å². The number of rotatable bonds is 9. The van der Waals surface area contributed by atoms with E-state index in [-0.39, 0.29) is 5.40 Å².